The summed E-state index contributed by atoms with van der Waals surface area (Å²) in [5.74, 6) is 4.15. The number of aromatic nitrogens is 2. The Morgan fingerprint density at radius 3 is 2.28 bits per heavy atom. The molecule has 0 unspecified atom stereocenters. The molecule has 0 spiro atoms. The molecule has 0 amide bonds. The van der Waals surface area contributed by atoms with Gasteiger partial charge in [0.25, 0.3) is 0 Å². The summed E-state index contributed by atoms with van der Waals surface area (Å²) in [5.41, 5.74) is 7.87. The number of hydrogen-bond acceptors (Lipinski definition) is 7. The van der Waals surface area contributed by atoms with Crippen molar-refractivity contribution in [2.45, 2.75) is 12.8 Å². The van der Waals surface area contributed by atoms with Crippen LogP contribution >= 0.6 is 11.6 Å². The van der Waals surface area contributed by atoms with E-state index in [1.807, 2.05) is 48.5 Å². The summed E-state index contributed by atoms with van der Waals surface area (Å²) in [7, 11) is 3.79. The van der Waals surface area contributed by atoms with Crippen molar-refractivity contribution >= 4 is 28.3 Å². The number of ether oxygens (including phenoxy) is 3. The zero-order chi connectivity index (χ0) is 25.1. The van der Waals surface area contributed by atoms with Gasteiger partial charge in [-0.15, -0.1) is 0 Å². The minimum atomic E-state index is 0.386. The van der Waals surface area contributed by atoms with Crippen LogP contribution in [0.1, 0.15) is 12.8 Å². The van der Waals surface area contributed by atoms with Crippen LogP contribution in [0.5, 0.6) is 23.0 Å². The number of anilines is 1. The summed E-state index contributed by atoms with van der Waals surface area (Å²) in [6.45, 7) is 2.84. The highest BCUT2D eigenvalue weighted by molar-refractivity contribution is 6.30. The molecular formula is C28H29ClN4O3. The first kappa shape index (κ1) is 24.2. The highest BCUT2D eigenvalue weighted by Crippen LogP contribution is 2.35. The van der Waals surface area contributed by atoms with Crippen LogP contribution in [0.3, 0.4) is 0 Å². The molecule has 1 saturated heterocycles. The van der Waals surface area contributed by atoms with E-state index < -0.39 is 0 Å². The predicted molar refractivity (Wildman–Crippen MR) is 143 cm³/mol. The van der Waals surface area contributed by atoms with Crippen LogP contribution in [0.2, 0.25) is 5.02 Å². The molecule has 0 aliphatic carbocycles. The highest BCUT2D eigenvalue weighted by atomic mass is 35.5. The number of nitrogen functional groups attached to an aromatic ring is 1. The molecule has 0 atom stereocenters. The van der Waals surface area contributed by atoms with E-state index in [9.17, 15) is 0 Å². The predicted octanol–water partition coefficient (Wildman–Crippen LogP) is 6.05. The molecule has 0 bridgehead atoms. The molecule has 1 aromatic heterocycles. The minimum absolute atomic E-state index is 0.386. The maximum absolute atomic E-state index is 6.33. The highest BCUT2D eigenvalue weighted by Gasteiger charge is 2.19. The Kier molecular flexibility index (Phi) is 7.11. The number of methoxy groups -OCH3 is 1. The van der Waals surface area contributed by atoms with Crippen molar-refractivity contribution in [1.29, 1.82) is 0 Å². The van der Waals surface area contributed by atoms with Crippen LogP contribution in [-0.4, -0.2) is 48.7 Å². The van der Waals surface area contributed by atoms with Gasteiger partial charge in [0.05, 0.1) is 19.2 Å². The Morgan fingerprint density at radius 2 is 1.61 bits per heavy atom. The first-order chi connectivity index (χ1) is 17.5. The van der Waals surface area contributed by atoms with Crippen LogP contribution < -0.4 is 19.9 Å². The number of fused-ring (bicyclic) bond motifs is 1. The molecule has 186 valence electrons. The third-order valence-electron chi connectivity index (χ3n) is 6.49. The van der Waals surface area contributed by atoms with Crippen molar-refractivity contribution in [3.05, 3.63) is 65.7 Å². The molecule has 5 rings (SSSR count). The van der Waals surface area contributed by atoms with E-state index in [1.165, 1.54) is 0 Å². The fourth-order valence-corrected chi connectivity index (χ4v) is 4.43. The van der Waals surface area contributed by atoms with Gasteiger partial charge >= 0.3 is 0 Å². The lowest BCUT2D eigenvalue weighted by Crippen LogP contribution is -2.32. The lowest BCUT2D eigenvalue weighted by molar-refractivity contribution is 0.157. The van der Waals surface area contributed by atoms with Gasteiger partial charge in [-0.3, -0.25) is 0 Å². The van der Waals surface area contributed by atoms with E-state index in [2.05, 4.69) is 16.9 Å². The smallest absolute Gasteiger partial charge is 0.163 e. The van der Waals surface area contributed by atoms with Gasteiger partial charge in [-0.2, -0.15) is 0 Å². The summed E-state index contributed by atoms with van der Waals surface area (Å²) in [4.78, 5) is 11.7. The lowest BCUT2D eigenvalue weighted by Gasteiger charge is -2.28. The zero-order valence-corrected chi connectivity index (χ0v) is 21.2. The van der Waals surface area contributed by atoms with Gasteiger partial charge in [0.15, 0.2) is 17.3 Å². The summed E-state index contributed by atoms with van der Waals surface area (Å²) in [5, 5.41) is 1.39. The van der Waals surface area contributed by atoms with Crippen LogP contribution in [0.25, 0.3) is 22.3 Å². The number of likely N-dealkylation sites (tertiary alicyclic amines) is 1. The number of rotatable bonds is 7. The second kappa shape index (κ2) is 10.6. The largest absolute Gasteiger partial charge is 0.493 e. The molecular weight excluding hydrogens is 476 g/mol. The van der Waals surface area contributed by atoms with Crippen molar-refractivity contribution in [3.63, 3.8) is 0 Å². The molecule has 1 fully saturated rings. The SMILES string of the molecule is COc1cc2c(N)nc(-c3ccc(Oc4ccc(Cl)cc4)cc3)nc2cc1OCC1CCN(C)CC1. The summed E-state index contributed by atoms with van der Waals surface area (Å²) < 4.78 is 17.7. The average Bonchev–Trinajstić information content (AvgIpc) is 2.89. The van der Waals surface area contributed by atoms with E-state index >= 15 is 0 Å². The second-order valence-electron chi connectivity index (χ2n) is 9.09. The standard InChI is InChI=1S/C28H29ClN4O3/c1-33-13-11-18(12-14-33)17-35-26-16-24-23(15-25(26)34-2)27(30)32-28(31-24)19-3-7-21(8-4-19)36-22-9-5-20(29)6-10-22/h3-10,15-16,18H,11-14,17H2,1-2H3,(H2,30,31,32). The quantitative estimate of drug-likeness (QED) is 0.328. The Labute approximate surface area is 215 Å². The van der Waals surface area contributed by atoms with Crippen LogP contribution in [0, 0.1) is 5.92 Å². The summed E-state index contributed by atoms with van der Waals surface area (Å²) >= 11 is 5.95. The Balaban J connectivity index is 1.37. The topological polar surface area (TPSA) is 82.7 Å². The van der Waals surface area contributed by atoms with Crippen LogP contribution in [-0.2, 0) is 0 Å². The zero-order valence-electron chi connectivity index (χ0n) is 20.4. The van der Waals surface area contributed by atoms with Crippen molar-refractivity contribution < 1.29 is 14.2 Å². The van der Waals surface area contributed by atoms with E-state index in [0.29, 0.717) is 57.7 Å². The first-order valence-corrected chi connectivity index (χ1v) is 12.4. The van der Waals surface area contributed by atoms with E-state index in [4.69, 9.17) is 36.5 Å². The van der Waals surface area contributed by atoms with Crippen LogP contribution in [0.15, 0.2) is 60.7 Å². The fourth-order valence-electron chi connectivity index (χ4n) is 4.31. The third kappa shape index (κ3) is 5.48. The minimum Gasteiger partial charge on any atom is -0.493 e. The van der Waals surface area contributed by atoms with Crippen LogP contribution in [0.4, 0.5) is 5.82 Å². The number of nitrogens with zero attached hydrogens (tertiary/aromatic N) is 3. The summed E-state index contributed by atoms with van der Waals surface area (Å²) in [6, 6.07) is 18.5. The van der Waals surface area contributed by atoms with Crippen molar-refractivity contribution in [2.24, 2.45) is 5.92 Å². The maximum atomic E-state index is 6.33. The van der Waals surface area contributed by atoms with Gasteiger partial charge in [0, 0.05) is 22.0 Å². The van der Waals surface area contributed by atoms with Gasteiger partial charge in [-0.25, -0.2) is 9.97 Å². The molecule has 1 aliphatic heterocycles. The molecule has 3 aromatic carbocycles. The molecule has 0 radical (unpaired) electrons. The average molecular weight is 505 g/mol. The van der Waals surface area contributed by atoms with E-state index in [-0.39, 0.29) is 0 Å². The van der Waals surface area contributed by atoms with Gasteiger partial charge in [-0.1, -0.05) is 11.6 Å². The van der Waals surface area contributed by atoms with Gasteiger partial charge < -0.3 is 24.8 Å². The van der Waals surface area contributed by atoms with Gasteiger partial charge in [0.1, 0.15) is 17.3 Å². The van der Waals surface area contributed by atoms with Gasteiger partial charge in [-0.05, 0) is 93.5 Å². The number of benzene rings is 3. The molecule has 4 aromatic rings. The fraction of sp³-hybridized carbons (Fsp3) is 0.286. The number of halogens is 1. The normalized spacial score (nSPS) is 14.6. The lowest BCUT2D eigenvalue weighted by atomic mass is 9.98. The maximum Gasteiger partial charge on any atom is 0.163 e. The number of nitrogens with two attached hydrogens (primary N) is 1. The molecule has 0 saturated carbocycles. The summed E-state index contributed by atoms with van der Waals surface area (Å²) in [6.07, 6.45) is 2.26. The monoisotopic (exact) mass is 504 g/mol. The molecule has 7 nitrogen and oxygen atoms in total. The molecule has 36 heavy (non-hydrogen) atoms. The van der Waals surface area contributed by atoms with Crippen molar-refractivity contribution in [1.82, 2.24) is 14.9 Å². The molecule has 8 heteroatoms. The molecule has 1 aliphatic rings. The number of hydrogen-bond donors (Lipinski definition) is 1. The Bertz CT molecular complexity index is 1340. The second-order valence-corrected chi connectivity index (χ2v) is 9.53. The number of piperidine rings is 1. The molecule has 2 N–H and O–H groups in total. The third-order valence-corrected chi connectivity index (χ3v) is 6.74. The van der Waals surface area contributed by atoms with Crippen molar-refractivity contribution in [2.75, 3.05) is 39.6 Å². The van der Waals surface area contributed by atoms with E-state index in [0.717, 1.165) is 36.9 Å². The molecule has 2 heterocycles. The van der Waals surface area contributed by atoms with Gasteiger partial charge in [0.2, 0.25) is 0 Å². The Hall–Kier alpha value is -3.55. The van der Waals surface area contributed by atoms with Crippen molar-refractivity contribution in [3.8, 4) is 34.4 Å². The van der Waals surface area contributed by atoms with E-state index in [1.54, 1.807) is 19.2 Å². The Morgan fingerprint density at radius 1 is 0.944 bits per heavy atom. The first-order valence-electron chi connectivity index (χ1n) is 12.0.